The topological polar surface area (TPSA) is 61.9 Å². The smallest absolute Gasteiger partial charge is 0.242 e. The van der Waals surface area contributed by atoms with E-state index in [2.05, 4.69) is 5.32 Å². The molecule has 1 N–H and O–H groups in total. The molecule has 1 aliphatic heterocycles. The van der Waals surface area contributed by atoms with Crippen LogP contribution in [-0.4, -0.2) is 75.1 Å². The van der Waals surface area contributed by atoms with Crippen LogP contribution in [0.1, 0.15) is 12.8 Å². The Balaban J connectivity index is 2.19. The highest BCUT2D eigenvalue weighted by Crippen LogP contribution is 2.07. The number of carbonyl (C=O) groups excluding carboxylic acids is 2. The fourth-order valence-corrected chi connectivity index (χ4v) is 1.86. The largest absolute Gasteiger partial charge is 0.383 e. The van der Waals surface area contributed by atoms with Crippen LogP contribution in [0.4, 0.5) is 0 Å². The van der Waals surface area contributed by atoms with E-state index in [1.54, 1.807) is 14.2 Å². The summed E-state index contributed by atoms with van der Waals surface area (Å²) in [6.45, 7) is 3.28. The SMILES string of the molecule is COCCNCC(=O)N(C)CC(=O)N1CCCC1. The molecule has 1 aliphatic rings. The number of hydrogen-bond donors (Lipinski definition) is 1. The van der Waals surface area contributed by atoms with Gasteiger partial charge in [0, 0.05) is 33.8 Å². The van der Waals surface area contributed by atoms with Gasteiger partial charge in [-0.2, -0.15) is 0 Å². The van der Waals surface area contributed by atoms with E-state index in [0.717, 1.165) is 25.9 Å². The fourth-order valence-electron chi connectivity index (χ4n) is 1.86. The molecule has 0 saturated carbocycles. The van der Waals surface area contributed by atoms with Crippen molar-refractivity contribution in [3.8, 4) is 0 Å². The Hall–Kier alpha value is -1.14. The second kappa shape index (κ2) is 8.05. The van der Waals surface area contributed by atoms with E-state index in [-0.39, 0.29) is 24.9 Å². The number of methoxy groups -OCH3 is 1. The maximum atomic E-state index is 11.8. The number of nitrogens with one attached hydrogen (secondary N) is 1. The first-order chi connectivity index (χ1) is 8.65. The summed E-state index contributed by atoms with van der Waals surface area (Å²) in [6, 6.07) is 0. The summed E-state index contributed by atoms with van der Waals surface area (Å²) >= 11 is 0. The average Bonchev–Trinajstić information content (AvgIpc) is 2.88. The lowest BCUT2D eigenvalue weighted by atomic mass is 10.4. The maximum absolute atomic E-state index is 11.8. The number of rotatable bonds is 7. The van der Waals surface area contributed by atoms with Crippen LogP contribution < -0.4 is 5.32 Å². The van der Waals surface area contributed by atoms with Crippen LogP contribution in [0.2, 0.25) is 0 Å². The van der Waals surface area contributed by atoms with Crippen LogP contribution in [-0.2, 0) is 14.3 Å². The maximum Gasteiger partial charge on any atom is 0.242 e. The number of nitrogens with zero attached hydrogens (tertiary/aromatic N) is 2. The second-order valence-electron chi connectivity index (χ2n) is 4.51. The molecule has 0 aliphatic carbocycles. The van der Waals surface area contributed by atoms with Gasteiger partial charge in [-0.15, -0.1) is 0 Å². The monoisotopic (exact) mass is 257 g/mol. The van der Waals surface area contributed by atoms with Crippen molar-refractivity contribution in [3.63, 3.8) is 0 Å². The molecule has 0 bridgehead atoms. The summed E-state index contributed by atoms with van der Waals surface area (Å²) in [5, 5.41) is 2.97. The molecular formula is C12H23N3O3. The number of likely N-dealkylation sites (N-methyl/N-ethyl adjacent to an activating group) is 1. The van der Waals surface area contributed by atoms with Gasteiger partial charge in [0.2, 0.25) is 11.8 Å². The molecule has 1 fully saturated rings. The van der Waals surface area contributed by atoms with E-state index in [9.17, 15) is 9.59 Å². The Labute approximate surface area is 108 Å². The van der Waals surface area contributed by atoms with Crippen LogP contribution in [0.3, 0.4) is 0 Å². The van der Waals surface area contributed by atoms with Crippen molar-refractivity contribution in [3.05, 3.63) is 0 Å². The third kappa shape index (κ3) is 5.01. The van der Waals surface area contributed by atoms with Gasteiger partial charge in [-0.05, 0) is 12.8 Å². The summed E-state index contributed by atoms with van der Waals surface area (Å²) in [7, 11) is 3.28. The predicted molar refractivity (Wildman–Crippen MR) is 68.2 cm³/mol. The zero-order valence-electron chi connectivity index (χ0n) is 11.3. The van der Waals surface area contributed by atoms with Crippen LogP contribution in [0.25, 0.3) is 0 Å². The zero-order valence-corrected chi connectivity index (χ0v) is 11.3. The molecule has 0 unspecified atom stereocenters. The fraction of sp³-hybridized carbons (Fsp3) is 0.833. The molecule has 0 atom stereocenters. The zero-order chi connectivity index (χ0) is 13.4. The molecule has 0 aromatic carbocycles. The van der Waals surface area contributed by atoms with Crippen LogP contribution in [0, 0.1) is 0 Å². The molecule has 0 radical (unpaired) electrons. The number of amides is 2. The van der Waals surface area contributed by atoms with Crippen LogP contribution >= 0.6 is 0 Å². The van der Waals surface area contributed by atoms with Gasteiger partial charge in [-0.3, -0.25) is 9.59 Å². The van der Waals surface area contributed by atoms with Crippen molar-refractivity contribution in [2.45, 2.75) is 12.8 Å². The van der Waals surface area contributed by atoms with Gasteiger partial charge in [0.1, 0.15) is 0 Å². The number of ether oxygens (including phenoxy) is 1. The third-order valence-electron chi connectivity index (χ3n) is 3.02. The summed E-state index contributed by atoms with van der Waals surface area (Å²) in [5.41, 5.74) is 0. The lowest BCUT2D eigenvalue weighted by Crippen LogP contribution is -2.43. The normalized spacial score (nSPS) is 14.9. The molecule has 6 nitrogen and oxygen atoms in total. The molecule has 0 aromatic heterocycles. The first-order valence-corrected chi connectivity index (χ1v) is 6.36. The summed E-state index contributed by atoms with van der Waals surface area (Å²) in [5.74, 6) is -0.0288. The lowest BCUT2D eigenvalue weighted by molar-refractivity contribution is -0.138. The highest BCUT2D eigenvalue weighted by Gasteiger charge is 2.20. The molecule has 1 heterocycles. The minimum atomic E-state index is -0.0707. The summed E-state index contributed by atoms with van der Waals surface area (Å²) < 4.78 is 4.87. The van der Waals surface area contributed by atoms with Crippen LogP contribution in [0.5, 0.6) is 0 Å². The van der Waals surface area contributed by atoms with E-state index < -0.39 is 0 Å². The van der Waals surface area contributed by atoms with Gasteiger partial charge >= 0.3 is 0 Å². The predicted octanol–water partition coefficient (Wildman–Crippen LogP) is -0.697. The Morgan fingerprint density at radius 2 is 2.00 bits per heavy atom. The van der Waals surface area contributed by atoms with E-state index in [1.807, 2.05) is 4.90 Å². The minimum absolute atomic E-state index is 0.0419. The summed E-state index contributed by atoms with van der Waals surface area (Å²) in [4.78, 5) is 26.8. The Bertz CT molecular complexity index is 278. The van der Waals surface area contributed by atoms with Crippen molar-refractivity contribution >= 4 is 11.8 Å². The molecule has 0 aromatic rings. The van der Waals surface area contributed by atoms with Gasteiger partial charge < -0.3 is 19.9 Å². The highest BCUT2D eigenvalue weighted by molar-refractivity contribution is 5.85. The van der Waals surface area contributed by atoms with E-state index in [1.165, 1.54) is 4.90 Å². The first kappa shape index (κ1) is 14.9. The standard InChI is InChI=1S/C12H23N3O3/c1-14(11(16)9-13-5-8-18-2)10-12(17)15-6-3-4-7-15/h13H,3-10H2,1-2H3. The Morgan fingerprint density at radius 1 is 1.33 bits per heavy atom. The first-order valence-electron chi connectivity index (χ1n) is 6.36. The lowest BCUT2D eigenvalue weighted by Gasteiger charge is -2.21. The van der Waals surface area contributed by atoms with E-state index in [4.69, 9.17) is 4.74 Å². The van der Waals surface area contributed by atoms with Gasteiger partial charge in [-0.25, -0.2) is 0 Å². The van der Waals surface area contributed by atoms with Crippen molar-refractivity contribution in [2.75, 3.05) is 53.5 Å². The molecular weight excluding hydrogens is 234 g/mol. The van der Waals surface area contributed by atoms with Crippen LogP contribution in [0.15, 0.2) is 0 Å². The van der Waals surface area contributed by atoms with Gasteiger partial charge in [0.15, 0.2) is 0 Å². The second-order valence-corrected chi connectivity index (χ2v) is 4.51. The van der Waals surface area contributed by atoms with Gasteiger partial charge in [0.05, 0.1) is 19.7 Å². The Kier molecular flexibility index (Phi) is 6.67. The molecule has 0 spiro atoms. The highest BCUT2D eigenvalue weighted by atomic mass is 16.5. The molecule has 2 amide bonds. The molecule has 104 valence electrons. The Morgan fingerprint density at radius 3 is 2.61 bits per heavy atom. The van der Waals surface area contributed by atoms with Gasteiger partial charge in [0.25, 0.3) is 0 Å². The van der Waals surface area contributed by atoms with Crippen molar-refractivity contribution in [2.24, 2.45) is 0 Å². The molecule has 1 rings (SSSR count). The van der Waals surface area contributed by atoms with E-state index >= 15 is 0 Å². The van der Waals surface area contributed by atoms with Crippen molar-refractivity contribution < 1.29 is 14.3 Å². The molecule has 1 saturated heterocycles. The third-order valence-corrected chi connectivity index (χ3v) is 3.02. The quantitative estimate of drug-likeness (QED) is 0.613. The average molecular weight is 257 g/mol. The van der Waals surface area contributed by atoms with Crippen molar-refractivity contribution in [1.29, 1.82) is 0 Å². The molecule has 18 heavy (non-hydrogen) atoms. The number of hydrogen-bond acceptors (Lipinski definition) is 4. The number of carbonyl (C=O) groups is 2. The summed E-state index contributed by atoms with van der Waals surface area (Å²) in [6.07, 6.45) is 2.14. The number of likely N-dealkylation sites (tertiary alicyclic amines) is 1. The molecule has 6 heteroatoms. The van der Waals surface area contributed by atoms with E-state index in [0.29, 0.717) is 13.2 Å². The minimum Gasteiger partial charge on any atom is -0.383 e. The van der Waals surface area contributed by atoms with Gasteiger partial charge in [-0.1, -0.05) is 0 Å². The van der Waals surface area contributed by atoms with Crippen molar-refractivity contribution in [1.82, 2.24) is 15.1 Å².